The van der Waals surface area contributed by atoms with Crippen molar-refractivity contribution in [1.82, 2.24) is 4.90 Å². The number of methoxy groups -OCH3 is 1. The summed E-state index contributed by atoms with van der Waals surface area (Å²) in [5.74, 6) is 0.184. The zero-order chi connectivity index (χ0) is 23.1. The van der Waals surface area contributed by atoms with E-state index in [2.05, 4.69) is 32.4 Å². The lowest BCUT2D eigenvalue weighted by Crippen LogP contribution is -2.29. The van der Waals surface area contributed by atoms with E-state index in [1.807, 2.05) is 23.6 Å². The van der Waals surface area contributed by atoms with Gasteiger partial charge in [0.2, 0.25) is 0 Å². The Labute approximate surface area is 188 Å². The van der Waals surface area contributed by atoms with Crippen LogP contribution in [0.3, 0.4) is 0 Å². The van der Waals surface area contributed by atoms with Gasteiger partial charge in [-0.2, -0.15) is 0 Å². The van der Waals surface area contributed by atoms with Gasteiger partial charge >= 0.3 is 11.9 Å². The molecule has 6 nitrogen and oxygen atoms in total. The standard InChI is InChI=1S/C24H31NO5S/c1-15(2)19-12-18(13-20(16(3)4)23(19)30-17(5)26)14-21-24(28)25(10-11-31-21)9-7-8-22(27)29-6/h10-16H,7-9H2,1-6H3. The second-order valence-electron chi connectivity index (χ2n) is 8.02. The number of amides is 1. The van der Waals surface area contributed by atoms with E-state index in [1.165, 1.54) is 25.8 Å². The fourth-order valence-corrected chi connectivity index (χ4v) is 4.03. The first-order valence-corrected chi connectivity index (χ1v) is 11.3. The van der Waals surface area contributed by atoms with E-state index < -0.39 is 0 Å². The normalized spacial score (nSPS) is 15.2. The largest absolute Gasteiger partial charge is 0.469 e. The van der Waals surface area contributed by atoms with Crippen LogP contribution in [0.5, 0.6) is 5.75 Å². The Morgan fingerprint density at radius 3 is 2.26 bits per heavy atom. The number of rotatable bonds is 8. The molecule has 1 amide bonds. The number of hydrogen-bond acceptors (Lipinski definition) is 6. The maximum Gasteiger partial charge on any atom is 0.308 e. The van der Waals surface area contributed by atoms with E-state index in [9.17, 15) is 14.4 Å². The number of carbonyl (C=O) groups is 3. The van der Waals surface area contributed by atoms with Crippen LogP contribution in [0.1, 0.15) is 76.0 Å². The van der Waals surface area contributed by atoms with Gasteiger partial charge in [0.05, 0.1) is 12.0 Å². The number of esters is 2. The Bertz CT molecular complexity index is 872. The fraction of sp³-hybridized carbons (Fsp3) is 0.458. The van der Waals surface area contributed by atoms with Gasteiger partial charge in [0.1, 0.15) is 5.75 Å². The lowest BCUT2D eigenvalue weighted by Gasteiger charge is -2.23. The number of carbonyl (C=O) groups excluding carboxylic acids is 3. The van der Waals surface area contributed by atoms with Crippen molar-refractivity contribution in [2.24, 2.45) is 0 Å². The maximum atomic E-state index is 12.9. The number of hydrogen-bond donors (Lipinski definition) is 0. The Hall–Kier alpha value is -2.54. The van der Waals surface area contributed by atoms with Crippen LogP contribution < -0.4 is 4.74 Å². The van der Waals surface area contributed by atoms with E-state index in [-0.39, 0.29) is 36.1 Å². The minimum Gasteiger partial charge on any atom is -0.469 e. The summed E-state index contributed by atoms with van der Waals surface area (Å²) >= 11 is 1.37. The molecule has 0 radical (unpaired) electrons. The monoisotopic (exact) mass is 445 g/mol. The van der Waals surface area contributed by atoms with Gasteiger partial charge in [-0.3, -0.25) is 14.4 Å². The number of thioether (sulfide) groups is 1. The highest BCUT2D eigenvalue weighted by Crippen LogP contribution is 2.37. The smallest absolute Gasteiger partial charge is 0.308 e. The molecular weight excluding hydrogens is 414 g/mol. The van der Waals surface area contributed by atoms with Gasteiger partial charge in [0.15, 0.2) is 0 Å². The maximum absolute atomic E-state index is 12.9. The quantitative estimate of drug-likeness (QED) is 0.311. The number of benzene rings is 1. The van der Waals surface area contributed by atoms with Crippen molar-refractivity contribution in [3.05, 3.63) is 45.3 Å². The topological polar surface area (TPSA) is 72.9 Å². The third-order valence-corrected chi connectivity index (χ3v) is 5.68. The molecule has 0 unspecified atom stereocenters. The summed E-state index contributed by atoms with van der Waals surface area (Å²) in [6.45, 7) is 10.1. The fourth-order valence-electron chi connectivity index (χ4n) is 3.26. The van der Waals surface area contributed by atoms with E-state index in [0.717, 1.165) is 16.7 Å². The van der Waals surface area contributed by atoms with E-state index in [0.29, 0.717) is 23.6 Å². The summed E-state index contributed by atoms with van der Waals surface area (Å²) in [6, 6.07) is 3.96. The van der Waals surface area contributed by atoms with Gasteiger partial charge in [-0.05, 0) is 58.6 Å². The summed E-state index contributed by atoms with van der Waals surface area (Å²) < 4.78 is 10.2. The second kappa shape index (κ2) is 11.2. The van der Waals surface area contributed by atoms with Gasteiger partial charge in [-0.15, -0.1) is 0 Å². The van der Waals surface area contributed by atoms with Crippen molar-refractivity contribution in [1.29, 1.82) is 0 Å². The molecule has 0 N–H and O–H groups in total. The molecule has 1 heterocycles. The van der Waals surface area contributed by atoms with Crippen LogP contribution in [-0.2, 0) is 19.1 Å². The molecule has 2 rings (SSSR count). The van der Waals surface area contributed by atoms with Gasteiger partial charge in [-0.1, -0.05) is 39.5 Å². The summed E-state index contributed by atoms with van der Waals surface area (Å²) in [4.78, 5) is 38.1. The molecule has 1 aliphatic heterocycles. The molecule has 0 atom stereocenters. The molecule has 1 aromatic carbocycles. The lowest BCUT2D eigenvalue weighted by molar-refractivity contribution is -0.141. The SMILES string of the molecule is COC(=O)CCCN1C=CSC(=Cc2cc(C(C)C)c(OC(C)=O)c(C(C)C)c2)C1=O. The van der Waals surface area contributed by atoms with Gasteiger partial charge < -0.3 is 14.4 Å². The summed E-state index contributed by atoms with van der Waals surface area (Å²) in [6.07, 6.45) is 4.42. The number of nitrogens with zero attached hydrogens (tertiary/aromatic N) is 1. The van der Waals surface area contributed by atoms with E-state index >= 15 is 0 Å². The van der Waals surface area contributed by atoms with E-state index in [4.69, 9.17) is 4.74 Å². The molecular formula is C24H31NO5S. The van der Waals surface area contributed by atoms with Crippen LogP contribution in [0.4, 0.5) is 0 Å². The first-order valence-electron chi connectivity index (χ1n) is 10.4. The second-order valence-corrected chi connectivity index (χ2v) is 8.97. The molecule has 0 aliphatic carbocycles. The molecule has 1 aliphatic rings. The summed E-state index contributed by atoms with van der Waals surface area (Å²) in [5, 5.41) is 1.87. The molecule has 0 fully saturated rings. The third-order valence-electron chi connectivity index (χ3n) is 4.87. The van der Waals surface area contributed by atoms with Crippen molar-refractivity contribution in [2.45, 2.75) is 59.3 Å². The Balaban J connectivity index is 2.35. The van der Waals surface area contributed by atoms with Crippen LogP contribution in [0.2, 0.25) is 0 Å². The van der Waals surface area contributed by atoms with Crippen molar-refractivity contribution in [3.63, 3.8) is 0 Å². The first-order chi connectivity index (χ1) is 14.6. The first kappa shape index (κ1) is 24.7. The Morgan fingerprint density at radius 2 is 1.74 bits per heavy atom. The highest BCUT2D eigenvalue weighted by Gasteiger charge is 2.22. The summed E-state index contributed by atoms with van der Waals surface area (Å²) in [5.41, 5.74) is 2.77. The zero-order valence-electron chi connectivity index (χ0n) is 19.1. The zero-order valence-corrected chi connectivity index (χ0v) is 19.9. The van der Waals surface area contributed by atoms with Crippen LogP contribution in [0.15, 0.2) is 28.6 Å². The van der Waals surface area contributed by atoms with Gasteiger partial charge in [-0.25, -0.2) is 0 Å². The molecule has 7 heteroatoms. The number of ether oxygens (including phenoxy) is 2. The molecule has 1 aromatic rings. The van der Waals surface area contributed by atoms with Crippen LogP contribution in [-0.4, -0.2) is 36.4 Å². The van der Waals surface area contributed by atoms with Crippen LogP contribution in [0.25, 0.3) is 6.08 Å². The molecule has 168 valence electrons. The average Bonchev–Trinajstić information content (AvgIpc) is 2.70. The third kappa shape index (κ3) is 6.72. The minimum absolute atomic E-state index is 0.0985. The molecule has 0 bridgehead atoms. The van der Waals surface area contributed by atoms with Crippen molar-refractivity contribution >= 4 is 35.7 Å². The molecule has 0 spiro atoms. The van der Waals surface area contributed by atoms with Crippen molar-refractivity contribution in [3.8, 4) is 5.75 Å². The van der Waals surface area contributed by atoms with Gasteiger partial charge in [0, 0.05) is 26.1 Å². The van der Waals surface area contributed by atoms with Crippen molar-refractivity contribution in [2.75, 3.05) is 13.7 Å². The molecule has 31 heavy (non-hydrogen) atoms. The predicted octanol–water partition coefficient (Wildman–Crippen LogP) is 5.20. The Kier molecular flexibility index (Phi) is 8.92. The summed E-state index contributed by atoms with van der Waals surface area (Å²) in [7, 11) is 1.36. The van der Waals surface area contributed by atoms with Gasteiger partial charge in [0.25, 0.3) is 5.91 Å². The average molecular weight is 446 g/mol. The minimum atomic E-state index is -0.347. The molecule has 0 aromatic heterocycles. The predicted molar refractivity (Wildman–Crippen MR) is 124 cm³/mol. The van der Waals surface area contributed by atoms with Crippen LogP contribution in [0, 0.1) is 0 Å². The van der Waals surface area contributed by atoms with E-state index in [1.54, 1.807) is 11.1 Å². The highest BCUT2D eigenvalue weighted by molar-refractivity contribution is 8.06. The lowest BCUT2D eigenvalue weighted by atomic mass is 9.91. The Morgan fingerprint density at radius 1 is 1.13 bits per heavy atom. The van der Waals surface area contributed by atoms with Crippen LogP contribution >= 0.6 is 11.8 Å². The molecule has 0 saturated heterocycles. The van der Waals surface area contributed by atoms with Crippen molar-refractivity contribution < 1.29 is 23.9 Å². The highest BCUT2D eigenvalue weighted by atomic mass is 32.2. The molecule has 0 saturated carbocycles.